The monoisotopic (exact) mass is 278 g/mol. The molecule has 2 heterocycles. The number of likely N-dealkylation sites (tertiary alicyclic amines) is 1. The zero-order valence-electron chi connectivity index (χ0n) is 11.4. The van der Waals surface area contributed by atoms with E-state index in [1.807, 2.05) is 6.92 Å². The maximum atomic E-state index is 12.3. The second-order valence-corrected chi connectivity index (χ2v) is 5.23. The molecule has 0 spiro atoms. The van der Waals surface area contributed by atoms with Gasteiger partial charge in [0.1, 0.15) is 5.56 Å². The Hall–Kier alpha value is -2.11. The molecule has 1 fully saturated rings. The SMILES string of the molecule is CCCC1(C(=O)O)CCN(C(=O)c2ccc[nH]c2=O)C1. The van der Waals surface area contributed by atoms with Crippen LogP contribution in [0.2, 0.25) is 0 Å². The minimum absolute atomic E-state index is 0.0604. The number of carboxylic acid groups (broad SMARTS) is 1. The van der Waals surface area contributed by atoms with Gasteiger partial charge in [0.25, 0.3) is 11.5 Å². The van der Waals surface area contributed by atoms with Gasteiger partial charge >= 0.3 is 5.97 Å². The van der Waals surface area contributed by atoms with Crippen LogP contribution in [0.15, 0.2) is 23.1 Å². The maximum Gasteiger partial charge on any atom is 0.311 e. The first kappa shape index (κ1) is 14.3. The van der Waals surface area contributed by atoms with Crippen molar-refractivity contribution in [3.8, 4) is 0 Å². The van der Waals surface area contributed by atoms with Gasteiger partial charge in [-0.15, -0.1) is 0 Å². The third-order valence-corrected chi connectivity index (χ3v) is 3.87. The summed E-state index contributed by atoms with van der Waals surface area (Å²) in [5.41, 5.74) is -1.25. The van der Waals surface area contributed by atoms with Crippen LogP contribution in [0.4, 0.5) is 0 Å². The summed E-state index contributed by atoms with van der Waals surface area (Å²) in [7, 11) is 0. The predicted molar refractivity (Wildman–Crippen MR) is 72.6 cm³/mol. The minimum Gasteiger partial charge on any atom is -0.481 e. The van der Waals surface area contributed by atoms with E-state index >= 15 is 0 Å². The van der Waals surface area contributed by atoms with Crippen LogP contribution in [0.3, 0.4) is 0 Å². The Morgan fingerprint density at radius 2 is 2.25 bits per heavy atom. The number of aromatic amines is 1. The number of H-pyrrole nitrogens is 1. The van der Waals surface area contributed by atoms with Crippen LogP contribution < -0.4 is 5.56 Å². The van der Waals surface area contributed by atoms with E-state index < -0.39 is 22.9 Å². The number of nitrogens with zero attached hydrogens (tertiary/aromatic N) is 1. The number of nitrogens with one attached hydrogen (secondary N) is 1. The van der Waals surface area contributed by atoms with Gasteiger partial charge in [0, 0.05) is 19.3 Å². The van der Waals surface area contributed by atoms with E-state index in [2.05, 4.69) is 4.98 Å². The number of carboxylic acids is 1. The standard InChI is InChI=1S/C14H18N2O4/c1-2-5-14(13(19)20)6-8-16(9-14)12(18)10-4-3-7-15-11(10)17/h3-4,7H,2,5-6,8-9H2,1H3,(H,15,17)(H,19,20). The number of hydrogen-bond acceptors (Lipinski definition) is 3. The molecule has 1 aliphatic heterocycles. The largest absolute Gasteiger partial charge is 0.481 e. The van der Waals surface area contributed by atoms with E-state index in [0.29, 0.717) is 19.4 Å². The van der Waals surface area contributed by atoms with Crippen LogP contribution >= 0.6 is 0 Å². The second-order valence-electron chi connectivity index (χ2n) is 5.23. The van der Waals surface area contributed by atoms with Gasteiger partial charge in [-0.3, -0.25) is 14.4 Å². The maximum absolute atomic E-state index is 12.3. The number of carbonyl (C=O) groups excluding carboxylic acids is 1. The summed E-state index contributed by atoms with van der Waals surface area (Å²) in [5, 5.41) is 9.41. The molecule has 2 N–H and O–H groups in total. The first-order chi connectivity index (χ1) is 9.50. The van der Waals surface area contributed by atoms with Crippen LogP contribution in [0, 0.1) is 5.41 Å². The topological polar surface area (TPSA) is 90.5 Å². The Morgan fingerprint density at radius 3 is 2.85 bits per heavy atom. The fourth-order valence-corrected chi connectivity index (χ4v) is 2.77. The Bertz CT molecular complexity index is 581. The van der Waals surface area contributed by atoms with Gasteiger partial charge in [-0.05, 0) is 25.0 Å². The highest BCUT2D eigenvalue weighted by Crippen LogP contribution is 2.35. The highest BCUT2D eigenvalue weighted by Gasteiger charge is 2.45. The molecule has 1 amide bonds. The van der Waals surface area contributed by atoms with Crippen molar-refractivity contribution in [2.24, 2.45) is 5.41 Å². The van der Waals surface area contributed by atoms with Crippen LogP contribution in [-0.2, 0) is 4.79 Å². The van der Waals surface area contributed by atoms with Crippen molar-refractivity contribution in [2.75, 3.05) is 13.1 Å². The van der Waals surface area contributed by atoms with E-state index in [9.17, 15) is 19.5 Å². The number of pyridine rings is 1. The number of aliphatic carboxylic acids is 1. The number of carbonyl (C=O) groups is 2. The Kier molecular flexibility index (Phi) is 3.92. The van der Waals surface area contributed by atoms with Crippen molar-refractivity contribution in [3.63, 3.8) is 0 Å². The smallest absolute Gasteiger partial charge is 0.311 e. The highest BCUT2D eigenvalue weighted by molar-refractivity contribution is 5.94. The molecule has 6 heteroatoms. The molecular weight excluding hydrogens is 260 g/mol. The van der Waals surface area contributed by atoms with Crippen molar-refractivity contribution >= 4 is 11.9 Å². The molecule has 0 radical (unpaired) electrons. The molecule has 1 aromatic rings. The molecule has 0 saturated carbocycles. The summed E-state index contributed by atoms with van der Waals surface area (Å²) in [6, 6.07) is 3.04. The molecule has 6 nitrogen and oxygen atoms in total. The summed E-state index contributed by atoms with van der Waals surface area (Å²) in [6.45, 7) is 2.47. The summed E-state index contributed by atoms with van der Waals surface area (Å²) < 4.78 is 0. The van der Waals surface area contributed by atoms with Gasteiger partial charge in [0.05, 0.1) is 5.41 Å². The van der Waals surface area contributed by atoms with Gasteiger partial charge in [0.15, 0.2) is 0 Å². The summed E-state index contributed by atoms with van der Waals surface area (Å²) in [6.07, 6.45) is 3.19. The van der Waals surface area contributed by atoms with Crippen molar-refractivity contribution in [1.29, 1.82) is 0 Å². The zero-order valence-corrected chi connectivity index (χ0v) is 11.4. The van der Waals surface area contributed by atoms with Gasteiger partial charge in [0.2, 0.25) is 0 Å². The number of aromatic nitrogens is 1. The molecule has 1 aliphatic rings. The summed E-state index contributed by atoms with van der Waals surface area (Å²) in [4.78, 5) is 39.3. The molecule has 0 aliphatic carbocycles. The lowest BCUT2D eigenvalue weighted by molar-refractivity contribution is -0.148. The van der Waals surface area contributed by atoms with E-state index in [-0.39, 0.29) is 12.1 Å². The van der Waals surface area contributed by atoms with Crippen molar-refractivity contribution in [1.82, 2.24) is 9.88 Å². The molecule has 108 valence electrons. The Labute approximate surface area is 116 Å². The van der Waals surface area contributed by atoms with Gasteiger partial charge in [-0.25, -0.2) is 0 Å². The second kappa shape index (κ2) is 5.48. The molecule has 2 rings (SSSR count). The molecule has 0 bridgehead atoms. The van der Waals surface area contributed by atoms with E-state index in [1.54, 1.807) is 6.07 Å². The van der Waals surface area contributed by atoms with Crippen LogP contribution in [0.5, 0.6) is 0 Å². The number of amides is 1. The lowest BCUT2D eigenvalue weighted by Gasteiger charge is -2.24. The Morgan fingerprint density at radius 1 is 1.50 bits per heavy atom. The minimum atomic E-state index is -0.869. The fraction of sp³-hybridized carbons (Fsp3) is 0.500. The quantitative estimate of drug-likeness (QED) is 0.862. The fourth-order valence-electron chi connectivity index (χ4n) is 2.77. The third-order valence-electron chi connectivity index (χ3n) is 3.87. The van der Waals surface area contributed by atoms with Crippen LogP contribution in [0.1, 0.15) is 36.5 Å². The lowest BCUT2D eigenvalue weighted by Crippen LogP contribution is -2.38. The van der Waals surface area contributed by atoms with Crippen LogP contribution in [-0.4, -0.2) is 40.0 Å². The molecule has 20 heavy (non-hydrogen) atoms. The number of rotatable bonds is 4. The van der Waals surface area contributed by atoms with E-state index in [4.69, 9.17) is 0 Å². The van der Waals surface area contributed by atoms with Crippen LogP contribution in [0.25, 0.3) is 0 Å². The Balaban J connectivity index is 2.21. The lowest BCUT2D eigenvalue weighted by atomic mass is 9.83. The van der Waals surface area contributed by atoms with Gasteiger partial charge in [-0.2, -0.15) is 0 Å². The normalized spacial score (nSPS) is 21.9. The van der Waals surface area contributed by atoms with Crippen molar-refractivity contribution in [2.45, 2.75) is 26.2 Å². The predicted octanol–water partition coefficient (Wildman–Crippen LogP) is 1.09. The van der Waals surface area contributed by atoms with Crippen molar-refractivity contribution < 1.29 is 14.7 Å². The van der Waals surface area contributed by atoms with Gasteiger partial charge < -0.3 is 15.0 Å². The van der Waals surface area contributed by atoms with E-state index in [0.717, 1.165) is 6.42 Å². The van der Waals surface area contributed by atoms with Gasteiger partial charge in [-0.1, -0.05) is 13.3 Å². The zero-order chi connectivity index (χ0) is 14.8. The first-order valence-electron chi connectivity index (χ1n) is 6.70. The molecule has 1 saturated heterocycles. The summed E-state index contributed by atoms with van der Waals surface area (Å²) in [5.74, 6) is -1.26. The molecular formula is C14H18N2O4. The molecule has 1 atom stereocenters. The molecule has 0 aromatic carbocycles. The van der Waals surface area contributed by atoms with Crippen molar-refractivity contribution in [3.05, 3.63) is 34.2 Å². The average molecular weight is 278 g/mol. The molecule has 1 aromatic heterocycles. The number of hydrogen-bond donors (Lipinski definition) is 2. The highest BCUT2D eigenvalue weighted by atomic mass is 16.4. The van der Waals surface area contributed by atoms with E-state index in [1.165, 1.54) is 17.2 Å². The summed E-state index contributed by atoms with van der Waals surface area (Å²) >= 11 is 0. The molecule has 1 unspecified atom stereocenters. The average Bonchev–Trinajstić information content (AvgIpc) is 2.85. The first-order valence-corrected chi connectivity index (χ1v) is 6.70. The third kappa shape index (κ3) is 2.45.